The number of para-hydroxylation sites is 1. The van der Waals surface area contributed by atoms with Crippen LogP contribution in [0.4, 0.5) is 10.2 Å². The molecule has 7 nitrogen and oxygen atoms in total. The smallest absolute Gasteiger partial charge is 0.290 e. The number of hydrogen-bond donors (Lipinski definition) is 4. The summed E-state index contributed by atoms with van der Waals surface area (Å²) in [5, 5.41) is 24.6. The Hall–Kier alpha value is -3.26. The fourth-order valence-electron chi connectivity index (χ4n) is 2.97. The SMILES string of the molecule is CC.O=CO.Oc1ccc(F)cc1-c1nc(NC2CCNC2)c2ccccc2n1. The van der Waals surface area contributed by atoms with E-state index in [1.807, 2.05) is 38.1 Å². The van der Waals surface area contributed by atoms with Gasteiger partial charge in [0.2, 0.25) is 0 Å². The van der Waals surface area contributed by atoms with E-state index in [4.69, 9.17) is 9.90 Å². The molecule has 2 heterocycles. The van der Waals surface area contributed by atoms with E-state index in [0.29, 0.717) is 11.6 Å². The summed E-state index contributed by atoms with van der Waals surface area (Å²) in [5.41, 5.74) is 1.04. The number of phenolic OH excluding ortho intramolecular Hbond substituents is 1. The summed E-state index contributed by atoms with van der Waals surface area (Å²) in [7, 11) is 0. The molecule has 4 N–H and O–H groups in total. The van der Waals surface area contributed by atoms with E-state index in [1.165, 1.54) is 18.2 Å². The zero-order valence-corrected chi connectivity index (χ0v) is 16.4. The fourth-order valence-corrected chi connectivity index (χ4v) is 2.97. The molecule has 1 atom stereocenters. The van der Waals surface area contributed by atoms with Crippen molar-refractivity contribution in [2.45, 2.75) is 26.3 Å². The highest BCUT2D eigenvalue weighted by Crippen LogP contribution is 2.31. The topological polar surface area (TPSA) is 107 Å². The molecule has 154 valence electrons. The van der Waals surface area contributed by atoms with Crippen molar-refractivity contribution in [3.8, 4) is 17.1 Å². The third-order valence-corrected chi connectivity index (χ3v) is 4.20. The Labute approximate surface area is 168 Å². The van der Waals surface area contributed by atoms with Gasteiger partial charge in [-0.15, -0.1) is 0 Å². The molecule has 0 bridgehead atoms. The first kappa shape index (κ1) is 22.0. The molecule has 1 aliphatic heterocycles. The molecule has 3 aromatic rings. The van der Waals surface area contributed by atoms with Crippen molar-refractivity contribution < 1.29 is 19.4 Å². The maximum absolute atomic E-state index is 13.6. The van der Waals surface area contributed by atoms with E-state index in [2.05, 4.69) is 20.6 Å². The van der Waals surface area contributed by atoms with Gasteiger partial charge in [0, 0.05) is 18.0 Å². The summed E-state index contributed by atoms with van der Waals surface area (Å²) in [4.78, 5) is 17.4. The average Bonchev–Trinajstić information content (AvgIpc) is 3.25. The van der Waals surface area contributed by atoms with Gasteiger partial charge < -0.3 is 20.8 Å². The van der Waals surface area contributed by atoms with E-state index >= 15 is 0 Å². The lowest BCUT2D eigenvalue weighted by molar-refractivity contribution is -0.122. The summed E-state index contributed by atoms with van der Waals surface area (Å²) in [5.74, 6) is 0.529. The van der Waals surface area contributed by atoms with Crippen molar-refractivity contribution >= 4 is 23.2 Å². The second-order valence-corrected chi connectivity index (χ2v) is 6.01. The number of benzene rings is 2. The van der Waals surface area contributed by atoms with Crippen molar-refractivity contribution in [2.24, 2.45) is 0 Å². The number of phenols is 1. The van der Waals surface area contributed by atoms with Crippen LogP contribution in [0.3, 0.4) is 0 Å². The molecule has 0 radical (unpaired) electrons. The molecular formula is C21H25FN4O3. The summed E-state index contributed by atoms with van der Waals surface area (Å²) in [6, 6.07) is 11.7. The molecule has 1 saturated heterocycles. The average molecular weight is 400 g/mol. The molecule has 0 aliphatic carbocycles. The minimum Gasteiger partial charge on any atom is -0.507 e. The van der Waals surface area contributed by atoms with Gasteiger partial charge in [0.15, 0.2) is 5.82 Å². The van der Waals surface area contributed by atoms with Crippen LogP contribution in [0.1, 0.15) is 20.3 Å². The van der Waals surface area contributed by atoms with Crippen molar-refractivity contribution in [2.75, 3.05) is 18.4 Å². The van der Waals surface area contributed by atoms with Gasteiger partial charge in [0.1, 0.15) is 17.4 Å². The zero-order chi connectivity index (χ0) is 21.2. The van der Waals surface area contributed by atoms with Crippen LogP contribution in [0.2, 0.25) is 0 Å². The van der Waals surface area contributed by atoms with Gasteiger partial charge >= 0.3 is 0 Å². The quantitative estimate of drug-likeness (QED) is 0.497. The van der Waals surface area contributed by atoms with Crippen molar-refractivity contribution in [3.05, 3.63) is 48.3 Å². The molecule has 2 aromatic carbocycles. The largest absolute Gasteiger partial charge is 0.507 e. The maximum atomic E-state index is 13.6. The fraction of sp³-hybridized carbons (Fsp3) is 0.286. The van der Waals surface area contributed by atoms with Crippen LogP contribution in [0.15, 0.2) is 42.5 Å². The van der Waals surface area contributed by atoms with Crippen LogP contribution in [-0.2, 0) is 4.79 Å². The first-order valence-corrected chi connectivity index (χ1v) is 9.43. The van der Waals surface area contributed by atoms with Gasteiger partial charge in [-0.2, -0.15) is 0 Å². The molecule has 29 heavy (non-hydrogen) atoms. The van der Waals surface area contributed by atoms with Gasteiger partial charge in [0.05, 0.1) is 11.1 Å². The Balaban J connectivity index is 0.000000551. The van der Waals surface area contributed by atoms with E-state index in [0.717, 1.165) is 30.4 Å². The summed E-state index contributed by atoms with van der Waals surface area (Å²) >= 11 is 0. The van der Waals surface area contributed by atoms with E-state index in [9.17, 15) is 9.50 Å². The standard InChI is InChI=1S/C18H17FN4O.C2H6.CH2O2/c19-11-5-6-16(24)14(9-11)18-22-15-4-2-1-3-13(15)17(23-18)21-12-7-8-20-10-12;1-2;2-1-3/h1-6,9,12,20,24H,7-8,10H2,(H,21,22,23);1-2H3;1H,(H,2,3). The molecule has 8 heteroatoms. The number of hydrogen-bond acceptors (Lipinski definition) is 6. The summed E-state index contributed by atoms with van der Waals surface area (Å²) < 4.78 is 13.6. The first-order chi connectivity index (χ1) is 14.1. The van der Waals surface area contributed by atoms with E-state index < -0.39 is 5.82 Å². The predicted molar refractivity (Wildman–Crippen MR) is 112 cm³/mol. The first-order valence-electron chi connectivity index (χ1n) is 9.43. The third kappa shape index (κ3) is 5.61. The number of aromatic nitrogens is 2. The van der Waals surface area contributed by atoms with Gasteiger partial charge in [-0.1, -0.05) is 26.0 Å². The second-order valence-electron chi connectivity index (χ2n) is 6.01. The number of anilines is 1. The monoisotopic (exact) mass is 400 g/mol. The maximum Gasteiger partial charge on any atom is 0.290 e. The molecular weight excluding hydrogens is 375 g/mol. The number of nitrogens with zero attached hydrogens (tertiary/aromatic N) is 2. The van der Waals surface area contributed by atoms with Gasteiger partial charge in [-0.05, 0) is 43.3 Å². The normalized spacial score (nSPS) is 14.9. The number of halogens is 1. The van der Waals surface area contributed by atoms with Crippen LogP contribution < -0.4 is 10.6 Å². The number of nitrogens with one attached hydrogen (secondary N) is 2. The van der Waals surface area contributed by atoms with Crippen LogP contribution in [0, 0.1) is 5.82 Å². The lowest BCUT2D eigenvalue weighted by Crippen LogP contribution is -2.23. The van der Waals surface area contributed by atoms with Crippen molar-refractivity contribution in [1.82, 2.24) is 15.3 Å². The summed E-state index contributed by atoms with van der Waals surface area (Å²) in [6.07, 6.45) is 1.01. The number of carboxylic acid groups (broad SMARTS) is 1. The predicted octanol–water partition coefficient (Wildman–Crippen LogP) is 3.64. The molecule has 1 fully saturated rings. The minimum absolute atomic E-state index is 0.0415. The van der Waals surface area contributed by atoms with Gasteiger partial charge in [0.25, 0.3) is 6.47 Å². The van der Waals surface area contributed by atoms with Crippen LogP contribution in [0.5, 0.6) is 5.75 Å². The van der Waals surface area contributed by atoms with Crippen LogP contribution in [0.25, 0.3) is 22.3 Å². The van der Waals surface area contributed by atoms with Gasteiger partial charge in [-0.3, -0.25) is 4.79 Å². The Kier molecular flexibility index (Phi) is 8.29. The third-order valence-electron chi connectivity index (χ3n) is 4.20. The summed E-state index contributed by atoms with van der Waals surface area (Å²) in [6.45, 7) is 5.59. The number of aromatic hydroxyl groups is 1. The highest BCUT2D eigenvalue weighted by molar-refractivity contribution is 5.91. The minimum atomic E-state index is -0.436. The Morgan fingerprint density at radius 2 is 1.93 bits per heavy atom. The van der Waals surface area contributed by atoms with Crippen LogP contribution in [-0.4, -0.2) is 45.8 Å². The Morgan fingerprint density at radius 3 is 2.62 bits per heavy atom. The van der Waals surface area contributed by atoms with Gasteiger partial charge in [-0.25, -0.2) is 14.4 Å². The molecule has 0 spiro atoms. The van der Waals surface area contributed by atoms with Crippen LogP contribution >= 0.6 is 0 Å². The molecule has 1 aromatic heterocycles. The molecule has 1 unspecified atom stereocenters. The Bertz CT molecular complexity index is 946. The number of carbonyl (C=O) groups is 1. The lowest BCUT2D eigenvalue weighted by Gasteiger charge is -2.15. The van der Waals surface area contributed by atoms with E-state index in [1.54, 1.807) is 0 Å². The van der Waals surface area contributed by atoms with Crippen molar-refractivity contribution in [1.29, 1.82) is 0 Å². The molecule has 1 aliphatic rings. The Morgan fingerprint density at radius 1 is 1.21 bits per heavy atom. The molecule has 0 amide bonds. The van der Waals surface area contributed by atoms with E-state index in [-0.39, 0.29) is 23.8 Å². The lowest BCUT2D eigenvalue weighted by atomic mass is 10.1. The number of fused-ring (bicyclic) bond motifs is 1. The molecule has 4 rings (SSSR count). The highest BCUT2D eigenvalue weighted by Gasteiger charge is 2.18. The number of rotatable bonds is 3. The molecule has 0 saturated carbocycles. The highest BCUT2D eigenvalue weighted by atomic mass is 19.1. The van der Waals surface area contributed by atoms with Crippen molar-refractivity contribution in [3.63, 3.8) is 0 Å². The second kappa shape index (κ2) is 10.9. The zero-order valence-electron chi connectivity index (χ0n) is 16.4.